The van der Waals surface area contributed by atoms with Crippen molar-refractivity contribution >= 4 is 27.8 Å². The predicted octanol–water partition coefficient (Wildman–Crippen LogP) is -0.142. The summed E-state index contributed by atoms with van der Waals surface area (Å²) in [6.45, 7) is 0.853. The number of hydrogen-bond donors (Lipinski definition) is 2. The Bertz CT molecular complexity index is 639. The van der Waals surface area contributed by atoms with Gasteiger partial charge in [0.2, 0.25) is 0 Å². The van der Waals surface area contributed by atoms with Gasteiger partial charge in [-0.3, -0.25) is 4.79 Å². The van der Waals surface area contributed by atoms with Gasteiger partial charge in [0.15, 0.2) is 18.9 Å². The number of H-pyrrole nitrogens is 1. The number of rotatable bonds is 5. The number of halogens is 1. The average Bonchev–Trinajstić information content (AvgIpc) is 2.86. The molecule has 2 aromatic heterocycles. The lowest BCUT2D eigenvalue weighted by molar-refractivity contribution is -0.695. The summed E-state index contributed by atoms with van der Waals surface area (Å²) in [7, 11) is 0. The van der Waals surface area contributed by atoms with Crippen LogP contribution in [0.25, 0.3) is 0 Å². The van der Waals surface area contributed by atoms with E-state index in [4.69, 9.17) is 0 Å². The van der Waals surface area contributed by atoms with Crippen LogP contribution < -0.4 is 15.0 Å². The first-order chi connectivity index (χ1) is 9.56. The molecule has 0 bridgehead atoms. The number of carbonyl (C=O) groups excluding carboxylic acids is 2. The van der Waals surface area contributed by atoms with Crippen LogP contribution in [0.4, 0.5) is 0 Å². The Balaban J connectivity index is 1.88. The van der Waals surface area contributed by atoms with Gasteiger partial charge in [0.05, 0.1) is 18.1 Å². The van der Waals surface area contributed by atoms with Crippen molar-refractivity contribution in [1.82, 2.24) is 10.3 Å². The first-order valence-electron chi connectivity index (χ1n) is 5.89. The third-order valence-electron chi connectivity index (χ3n) is 2.64. The number of nitrogens with zero attached hydrogens (tertiary/aromatic N) is 1. The highest BCUT2D eigenvalue weighted by Crippen LogP contribution is 2.09. The van der Waals surface area contributed by atoms with E-state index in [9.17, 15) is 14.7 Å². The van der Waals surface area contributed by atoms with Gasteiger partial charge in [0, 0.05) is 16.7 Å². The minimum absolute atomic E-state index is 0.104. The third-order valence-corrected chi connectivity index (χ3v) is 3.10. The van der Waals surface area contributed by atoms with Gasteiger partial charge in [-0.1, -0.05) is 0 Å². The van der Waals surface area contributed by atoms with Crippen molar-refractivity contribution in [3.05, 3.63) is 52.5 Å². The highest BCUT2D eigenvalue weighted by atomic mass is 79.9. The molecule has 0 aliphatic rings. The van der Waals surface area contributed by atoms with Crippen LogP contribution in [0, 0.1) is 0 Å². The molecule has 0 atom stereocenters. The third kappa shape index (κ3) is 3.67. The number of aromatic amines is 1. The van der Waals surface area contributed by atoms with Crippen molar-refractivity contribution in [3.63, 3.8) is 0 Å². The molecule has 0 fully saturated rings. The van der Waals surface area contributed by atoms with E-state index >= 15 is 0 Å². The number of nitrogens with one attached hydrogen (secondary N) is 2. The number of carboxylic acids is 1. The fraction of sp³-hybridized carbons (Fsp3) is 0.154. The molecule has 6 nitrogen and oxygen atoms in total. The highest BCUT2D eigenvalue weighted by molar-refractivity contribution is 9.10. The summed E-state index contributed by atoms with van der Waals surface area (Å²) >= 11 is 3.25. The summed E-state index contributed by atoms with van der Waals surface area (Å²) in [5.74, 6) is -1.44. The van der Waals surface area contributed by atoms with E-state index in [-0.39, 0.29) is 11.5 Å². The number of carbonyl (C=O) groups is 2. The Morgan fingerprint density at radius 3 is 2.90 bits per heavy atom. The summed E-state index contributed by atoms with van der Waals surface area (Å²) in [4.78, 5) is 25.3. The molecule has 0 aliphatic heterocycles. The van der Waals surface area contributed by atoms with E-state index in [1.54, 1.807) is 29.1 Å². The average molecular weight is 338 g/mol. The standard InChI is InChI=1S/C13H12BrN3O3/c14-10-6-11(16-7-10)12(18)15-3-5-17-4-1-2-9(8-17)13(19)20/h1-2,4,6-8H,3,5H2,(H2-,15,16,18,19,20). The van der Waals surface area contributed by atoms with Crippen LogP contribution in [0.1, 0.15) is 20.8 Å². The number of aromatic nitrogens is 2. The quantitative estimate of drug-likeness (QED) is 0.744. The lowest BCUT2D eigenvalue weighted by atomic mass is 10.3. The minimum atomic E-state index is -1.22. The first kappa shape index (κ1) is 14.3. The molecule has 0 radical (unpaired) electrons. The predicted molar refractivity (Wildman–Crippen MR) is 71.8 cm³/mol. The lowest BCUT2D eigenvalue weighted by Gasteiger charge is -2.03. The largest absolute Gasteiger partial charge is 0.545 e. The van der Waals surface area contributed by atoms with Crippen molar-refractivity contribution in [2.45, 2.75) is 6.54 Å². The molecule has 0 saturated heterocycles. The maximum absolute atomic E-state index is 11.7. The van der Waals surface area contributed by atoms with Crippen LogP contribution in [0.5, 0.6) is 0 Å². The van der Waals surface area contributed by atoms with Gasteiger partial charge in [0.25, 0.3) is 5.91 Å². The van der Waals surface area contributed by atoms with E-state index < -0.39 is 5.97 Å². The molecule has 104 valence electrons. The zero-order valence-corrected chi connectivity index (χ0v) is 12.0. The summed E-state index contributed by atoms with van der Waals surface area (Å²) in [5, 5.41) is 13.5. The van der Waals surface area contributed by atoms with Crippen LogP contribution in [0.3, 0.4) is 0 Å². The van der Waals surface area contributed by atoms with Crippen LogP contribution >= 0.6 is 15.9 Å². The van der Waals surface area contributed by atoms with Gasteiger partial charge < -0.3 is 20.2 Å². The van der Waals surface area contributed by atoms with E-state index in [1.165, 1.54) is 12.3 Å². The molecular weight excluding hydrogens is 326 g/mol. The maximum Gasteiger partial charge on any atom is 0.267 e. The molecule has 0 saturated carbocycles. The van der Waals surface area contributed by atoms with Crippen LogP contribution in [0.15, 0.2) is 41.3 Å². The summed E-state index contributed by atoms with van der Waals surface area (Å²) in [6, 6.07) is 4.76. The second-order valence-electron chi connectivity index (χ2n) is 4.11. The van der Waals surface area contributed by atoms with Crippen LogP contribution in [-0.2, 0) is 6.54 Å². The smallest absolute Gasteiger partial charge is 0.267 e. The molecule has 2 aromatic rings. The van der Waals surface area contributed by atoms with Gasteiger partial charge >= 0.3 is 0 Å². The number of amides is 1. The summed E-state index contributed by atoms with van der Waals surface area (Å²) < 4.78 is 2.48. The zero-order chi connectivity index (χ0) is 14.5. The number of hydrogen-bond acceptors (Lipinski definition) is 3. The van der Waals surface area contributed by atoms with Crippen molar-refractivity contribution in [2.75, 3.05) is 6.54 Å². The van der Waals surface area contributed by atoms with Gasteiger partial charge in [0.1, 0.15) is 5.69 Å². The normalized spacial score (nSPS) is 10.2. The molecule has 0 aliphatic carbocycles. The minimum Gasteiger partial charge on any atom is -0.545 e. The second kappa shape index (κ2) is 6.33. The van der Waals surface area contributed by atoms with E-state index in [2.05, 4.69) is 26.2 Å². The van der Waals surface area contributed by atoms with Crippen molar-refractivity contribution < 1.29 is 19.3 Å². The van der Waals surface area contributed by atoms with Crippen molar-refractivity contribution in [3.8, 4) is 0 Å². The van der Waals surface area contributed by atoms with Gasteiger partial charge in [-0.15, -0.1) is 0 Å². The van der Waals surface area contributed by atoms with Crippen molar-refractivity contribution in [1.29, 1.82) is 0 Å². The number of aromatic carboxylic acids is 1. The molecule has 2 N–H and O–H groups in total. The van der Waals surface area contributed by atoms with Gasteiger partial charge in [-0.25, -0.2) is 4.57 Å². The zero-order valence-electron chi connectivity index (χ0n) is 10.4. The summed E-state index contributed by atoms with van der Waals surface area (Å²) in [6.07, 6.45) is 4.86. The topological polar surface area (TPSA) is 88.9 Å². The fourth-order valence-corrected chi connectivity index (χ4v) is 2.02. The molecule has 1 amide bonds. The van der Waals surface area contributed by atoms with Crippen LogP contribution in [0.2, 0.25) is 0 Å². The lowest BCUT2D eigenvalue weighted by Crippen LogP contribution is -2.41. The van der Waals surface area contributed by atoms with Gasteiger partial charge in [-0.2, -0.15) is 0 Å². The van der Waals surface area contributed by atoms with E-state index in [0.29, 0.717) is 18.8 Å². The molecule has 2 rings (SSSR count). The van der Waals surface area contributed by atoms with E-state index in [0.717, 1.165) is 4.47 Å². The SMILES string of the molecule is O=C([O-])c1ccc[n+](CCNC(=O)c2cc(Br)c[nH]2)c1. The Labute approximate surface area is 123 Å². The molecule has 0 spiro atoms. The van der Waals surface area contributed by atoms with Gasteiger partial charge in [-0.05, 0) is 28.1 Å². The first-order valence-corrected chi connectivity index (χ1v) is 6.68. The second-order valence-corrected chi connectivity index (χ2v) is 5.02. The summed E-state index contributed by atoms with van der Waals surface area (Å²) in [5.41, 5.74) is 0.567. The Hall–Kier alpha value is -2.15. The van der Waals surface area contributed by atoms with Crippen LogP contribution in [-0.4, -0.2) is 23.4 Å². The maximum atomic E-state index is 11.7. The molecule has 2 heterocycles. The monoisotopic (exact) mass is 337 g/mol. The molecule has 20 heavy (non-hydrogen) atoms. The Morgan fingerprint density at radius 2 is 2.25 bits per heavy atom. The number of carboxylic acid groups (broad SMARTS) is 1. The van der Waals surface area contributed by atoms with Crippen molar-refractivity contribution in [2.24, 2.45) is 0 Å². The molecule has 0 unspecified atom stereocenters. The fourth-order valence-electron chi connectivity index (χ4n) is 1.67. The highest BCUT2D eigenvalue weighted by Gasteiger charge is 2.09. The number of pyridine rings is 1. The van der Waals surface area contributed by atoms with E-state index in [1.807, 2.05) is 0 Å². The molecule has 7 heteroatoms. The molecular formula is C13H12BrN3O3. The Kier molecular flexibility index (Phi) is 4.52. The molecule has 0 aromatic carbocycles. The Morgan fingerprint density at radius 1 is 1.45 bits per heavy atom.